The van der Waals surface area contributed by atoms with Crippen molar-refractivity contribution in [3.63, 3.8) is 0 Å². The molecule has 0 saturated carbocycles. The minimum atomic E-state index is 0.157. The van der Waals surface area contributed by atoms with Crippen molar-refractivity contribution in [2.75, 3.05) is 36.0 Å². The van der Waals surface area contributed by atoms with Crippen molar-refractivity contribution in [3.8, 4) is 11.5 Å². The van der Waals surface area contributed by atoms with Crippen molar-refractivity contribution in [1.82, 2.24) is 0 Å². The molecule has 1 aliphatic rings. The summed E-state index contributed by atoms with van der Waals surface area (Å²) >= 11 is 0. The molecular weight excluding hydrogens is 572 g/mol. The Kier molecular flexibility index (Phi) is 7.76. The van der Waals surface area contributed by atoms with E-state index < -0.39 is 0 Å². The van der Waals surface area contributed by atoms with Gasteiger partial charge in [-0.1, -0.05) is 48.5 Å². The molecule has 0 bridgehead atoms. The number of rotatable bonds is 6. The van der Waals surface area contributed by atoms with Gasteiger partial charge in [-0.15, -0.1) is 10.2 Å². The number of benzene rings is 6. The van der Waals surface area contributed by atoms with Gasteiger partial charge in [0.25, 0.3) is 0 Å². The van der Waals surface area contributed by atoms with Crippen LogP contribution in [0.15, 0.2) is 130 Å². The van der Waals surface area contributed by atoms with Crippen LogP contribution >= 0.6 is 0 Å². The first-order valence-electron chi connectivity index (χ1n) is 15.4. The van der Waals surface area contributed by atoms with Crippen LogP contribution in [-0.2, 0) is 0 Å². The summed E-state index contributed by atoms with van der Waals surface area (Å²) < 4.78 is 0. The van der Waals surface area contributed by atoms with E-state index >= 15 is 0 Å². The van der Waals surface area contributed by atoms with E-state index in [1.807, 2.05) is 98.8 Å². The Morgan fingerprint density at radius 1 is 0.478 bits per heavy atom. The topological polar surface area (TPSA) is 96.4 Å². The quantitative estimate of drug-likeness (QED) is 0.184. The molecule has 0 amide bonds. The smallest absolute Gasteiger partial charge is 0.151 e. The number of fused-ring (bicyclic) bond motifs is 2. The highest BCUT2D eigenvalue weighted by Crippen LogP contribution is 2.40. The largest absolute Gasteiger partial charge is 0.505 e. The molecule has 8 heteroatoms. The average Bonchev–Trinajstić information content (AvgIpc) is 3.09. The van der Waals surface area contributed by atoms with Gasteiger partial charge in [0, 0.05) is 48.3 Å². The third-order valence-electron chi connectivity index (χ3n) is 8.61. The number of aryl methyl sites for hydroxylation is 2. The maximum absolute atomic E-state index is 10.8. The van der Waals surface area contributed by atoms with E-state index in [1.165, 1.54) is 0 Å². The summed E-state index contributed by atoms with van der Waals surface area (Å²) in [5.74, 6) is 0.313. The van der Waals surface area contributed by atoms with E-state index in [1.54, 1.807) is 0 Å². The molecular formula is C38H34N6O2. The lowest BCUT2D eigenvalue weighted by atomic mass is 10.0. The van der Waals surface area contributed by atoms with Gasteiger partial charge in [-0.05, 0) is 96.4 Å². The van der Waals surface area contributed by atoms with Crippen LogP contribution in [0.3, 0.4) is 0 Å². The van der Waals surface area contributed by atoms with E-state index in [0.717, 1.165) is 81.6 Å². The molecule has 0 atom stereocenters. The third-order valence-corrected chi connectivity index (χ3v) is 8.61. The highest BCUT2D eigenvalue weighted by atomic mass is 16.3. The Balaban J connectivity index is 0.969. The number of piperazine rings is 1. The fourth-order valence-electron chi connectivity index (χ4n) is 6.06. The normalized spacial score (nSPS) is 13.9. The van der Waals surface area contributed by atoms with E-state index in [2.05, 4.69) is 54.5 Å². The van der Waals surface area contributed by atoms with Crippen LogP contribution in [0.4, 0.5) is 34.1 Å². The second kappa shape index (κ2) is 12.3. The lowest BCUT2D eigenvalue weighted by molar-refractivity contribution is 0.482. The maximum atomic E-state index is 10.8. The Morgan fingerprint density at radius 3 is 1.24 bits per heavy atom. The molecule has 0 radical (unpaired) electrons. The third kappa shape index (κ3) is 5.73. The monoisotopic (exact) mass is 606 g/mol. The number of phenolic OH excluding ortho intramolecular Hbond substituents is 2. The number of hydrogen-bond donors (Lipinski definition) is 2. The predicted octanol–water partition coefficient (Wildman–Crippen LogP) is 10.2. The second-order valence-corrected chi connectivity index (χ2v) is 11.6. The zero-order valence-electron chi connectivity index (χ0n) is 25.8. The Bertz CT molecular complexity index is 1950. The number of nitrogens with zero attached hydrogens (tertiary/aromatic N) is 6. The lowest BCUT2D eigenvalue weighted by Gasteiger charge is -2.37. The van der Waals surface area contributed by atoms with Gasteiger partial charge in [0.05, 0.1) is 11.4 Å². The molecule has 1 aliphatic heterocycles. The first kappa shape index (κ1) is 29.0. The summed E-state index contributed by atoms with van der Waals surface area (Å²) in [4.78, 5) is 4.75. The van der Waals surface area contributed by atoms with Gasteiger partial charge in [-0.25, -0.2) is 0 Å². The zero-order valence-corrected chi connectivity index (χ0v) is 25.8. The van der Waals surface area contributed by atoms with E-state index in [4.69, 9.17) is 0 Å². The summed E-state index contributed by atoms with van der Waals surface area (Å²) in [6.45, 7) is 7.45. The minimum absolute atomic E-state index is 0.157. The summed E-state index contributed by atoms with van der Waals surface area (Å²) in [6.07, 6.45) is 0. The van der Waals surface area contributed by atoms with Gasteiger partial charge < -0.3 is 20.0 Å². The van der Waals surface area contributed by atoms with Gasteiger partial charge in [0.1, 0.15) is 11.4 Å². The standard InChI is InChI=1S/C38H34N6O2/c1-25-23-27-7-3-5-9-33(27)37(45)35(25)41-39-29-11-15-31(16-12-29)43-19-21-44(22-20-43)32-17-13-30(14-18-32)40-42-36-26(2)24-28-8-4-6-10-34(28)38(36)46/h3-18,23-24,45-46H,19-22H2,1-2H3. The van der Waals surface area contributed by atoms with Crippen molar-refractivity contribution < 1.29 is 10.2 Å². The van der Waals surface area contributed by atoms with Gasteiger partial charge in [-0.2, -0.15) is 10.2 Å². The molecule has 6 aromatic carbocycles. The molecule has 1 saturated heterocycles. The van der Waals surface area contributed by atoms with Gasteiger partial charge in [-0.3, -0.25) is 0 Å². The molecule has 8 nitrogen and oxygen atoms in total. The highest BCUT2D eigenvalue weighted by molar-refractivity contribution is 5.94. The Morgan fingerprint density at radius 2 is 0.848 bits per heavy atom. The van der Waals surface area contributed by atoms with Crippen LogP contribution in [0.25, 0.3) is 21.5 Å². The number of phenols is 2. The van der Waals surface area contributed by atoms with Crippen LogP contribution < -0.4 is 9.80 Å². The van der Waals surface area contributed by atoms with Crippen LogP contribution in [0.1, 0.15) is 11.1 Å². The van der Waals surface area contributed by atoms with Crippen LogP contribution in [0, 0.1) is 13.8 Å². The summed E-state index contributed by atoms with van der Waals surface area (Å²) in [5, 5.41) is 42.7. The summed E-state index contributed by atoms with van der Waals surface area (Å²) in [5.41, 5.74) is 6.51. The van der Waals surface area contributed by atoms with Gasteiger partial charge in [0.2, 0.25) is 0 Å². The van der Waals surface area contributed by atoms with E-state index in [-0.39, 0.29) is 11.5 Å². The molecule has 1 fully saturated rings. The van der Waals surface area contributed by atoms with Crippen LogP contribution in [-0.4, -0.2) is 36.4 Å². The van der Waals surface area contributed by atoms with Crippen molar-refractivity contribution in [1.29, 1.82) is 0 Å². The van der Waals surface area contributed by atoms with Gasteiger partial charge in [0.15, 0.2) is 11.5 Å². The number of hydrogen-bond acceptors (Lipinski definition) is 8. The molecule has 0 aliphatic carbocycles. The molecule has 2 N–H and O–H groups in total. The average molecular weight is 607 g/mol. The molecule has 7 rings (SSSR count). The van der Waals surface area contributed by atoms with E-state index in [9.17, 15) is 10.2 Å². The zero-order chi connectivity index (χ0) is 31.6. The first-order chi connectivity index (χ1) is 22.4. The van der Waals surface area contributed by atoms with Crippen molar-refractivity contribution >= 4 is 55.7 Å². The molecule has 0 aromatic heterocycles. The van der Waals surface area contributed by atoms with Crippen LogP contribution in [0.2, 0.25) is 0 Å². The fourth-order valence-corrected chi connectivity index (χ4v) is 6.06. The fraction of sp³-hybridized carbons (Fsp3) is 0.158. The number of anilines is 2. The second-order valence-electron chi connectivity index (χ2n) is 11.6. The molecule has 46 heavy (non-hydrogen) atoms. The van der Waals surface area contributed by atoms with Crippen molar-refractivity contribution in [3.05, 3.63) is 120 Å². The summed E-state index contributed by atoms with van der Waals surface area (Å²) in [7, 11) is 0. The molecule has 1 heterocycles. The number of azo groups is 2. The Labute approximate surface area is 267 Å². The molecule has 0 spiro atoms. The summed E-state index contributed by atoms with van der Waals surface area (Å²) in [6, 6.07) is 35.7. The lowest BCUT2D eigenvalue weighted by Crippen LogP contribution is -2.46. The highest BCUT2D eigenvalue weighted by Gasteiger charge is 2.18. The van der Waals surface area contributed by atoms with Gasteiger partial charge >= 0.3 is 0 Å². The Hall–Kier alpha value is -5.76. The number of aromatic hydroxyl groups is 2. The van der Waals surface area contributed by atoms with Crippen LogP contribution in [0.5, 0.6) is 11.5 Å². The van der Waals surface area contributed by atoms with Crippen molar-refractivity contribution in [2.45, 2.75) is 13.8 Å². The van der Waals surface area contributed by atoms with Crippen molar-refractivity contribution in [2.24, 2.45) is 20.5 Å². The molecule has 0 unspecified atom stereocenters. The minimum Gasteiger partial charge on any atom is -0.505 e. The SMILES string of the molecule is Cc1cc2ccccc2c(O)c1N=Nc1ccc(N2CCN(c3ccc(N=Nc4c(C)cc5ccccc5c4O)cc3)CC2)cc1. The maximum Gasteiger partial charge on any atom is 0.151 e. The first-order valence-corrected chi connectivity index (χ1v) is 15.4. The molecule has 6 aromatic rings. The predicted molar refractivity (Wildman–Crippen MR) is 186 cm³/mol. The molecule has 228 valence electrons. The van der Waals surface area contributed by atoms with E-state index in [0.29, 0.717) is 11.4 Å².